The third kappa shape index (κ3) is 5.58. The molecule has 32 heteroatoms. The van der Waals surface area contributed by atoms with Crippen molar-refractivity contribution in [3.05, 3.63) is 0 Å². The number of hydrogen-bond acceptors (Lipinski definition) is 1. The van der Waals surface area contributed by atoms with Crippen molar-refractivity contribution in [2.24, 2.45) is 0 Å². The van der Waals surface area contributed by atoms with E-state index in [9.17, 15) is 132 Å². The molecule has 0 amide bonds. The van der Waals surface area contributed by atoms with Crippen LogP contribution in [0.3, 0.4) is 0 Å². The quantitative estimate of drug-likeness (QED) is 0.132. The number of hydrogen-bond donors (Lipinski definition) is 1. The summed E-state index contributed by atoms with van der Waals surface area (Å²) in [6.45, 7) is 0. The molecule has 1 N–H and O–H groups in total. The van der Waals surface area contributed by atoms with E-state index >= 15 is 0 Å². The van der Waals surface area contributed by atoms with Crippen molar-refractivity contribution in [2.75, 3.05) is 5.75 Å². The predicted molar refractivity (Wildman–Crippen MR) is 90.6 cm³/mol. The van der Waals surface area contributed by atoms with Crippen LogP contribution in [0.4, 0.5) is 127 Å². The zero-order valence-corrected chi connectivity index (χ0v) is 21.5. The van der Waals surface area contributed by atoms with Crippen molar-refractivity contribution in [2.45, 2.75) is 89.6 Å². The molecule has 2 nitrogen and oxygen atoms in total. The van der Waals surface area contributed by atoms with Crippen molar-refractivity contribution in [1.29, 1.82) is 0 Å². The molecular weight excluding hydrogens is 807 g/mol. The highest BCUT2D eigenvalue weighted by Crippen LogP contribution is 2.69. The first-order valence-electron chi connectivity index (χ1n) is 10.2. The van der Waals surface area contributed by atoms with Gasteiger partial charge in [-0.15, -0.1) is 0 Å². The molecule has 290 valence electrons. The summed E-state index contributed by atoms with van der Waals surface area (Å²) >= 11 is -3.81. The predicted octanol–water partition coefficient (Wildman–Crippen LogP) is 9.42. The zero-order chi connectivity index (χ0) is 40.0. The molecule has 0 heterocycles. The van der Waals surface area contributed by atoms with E-state index in [0.29, 0.717) is 0 Å². The van der Waals surface area contributed by atoms with Gasteiger partial charge >= 0.3 is 83.2 Å². The lowest BCUT2D eigenvalue weighted by atomic mass is 9.83. The van der Waals surface area contributed by atoms with Gasteiger partial charge in [0.1, 0.15) is 0 Å². The molecule has 0 aromatic heterocycles. The van der Waals surface area contributed by atoms with E-state index in [1.165, 1.54) is 0 Å². The van der Waals surface area contributed by atoms with Crippen LogP contribution in [0.2, 0.25) is 0 Å². The van der Waals surface area contributed by atoms with Gasteiger partial charge < -0.3 is 4.55 Å². The molecule has 1 atom stereocenters. The van der Waals surface area contributed by atoms with Crippen LogP contribution in [0.25, 0.3) is 0 Å². The van der Waals surface area contributed by atoms with Crippen LogP contribution < -0.4 is 0 Å². The van der Waals surface area contributed by atoms with E-state index in [2.05, 4.69) is 0 Å². The molecule has 0 radical (unpaired) electrons. The fourth-order valence-electron chi connectivity index (χ4n) is 2.75. The summed E-state index contributed by atoms with van der Waals surface area (Å²) in [6.07, 6.45) is -11.6. The van der Waals surface area contributed by atoms with Crippen LogP contribution in [0.5, 0.6) is 0 Å². The van der Waals surface area contributed by atoms with Crippen LogP contribution in [-0.4, -0.2) is 97.7 Å². The standard InChI is InChI=1S/C16H5F29O2S/c17-3(18,1-2-48(46)47)4(19,20)5(21,22)6(23,24)7(25,26)8(27,28)9(29,30)10(31,32)11(33,34)12(35,36)13(37,38)14(39,40)15(41,42)16(43,44)45/h1-2H2,(H,46,47). The van der Waals surface area contributed by atoms with E-state index in [1.54, 1.807) is 0 Å². The maximum Gasteiger partial charge on any atom is 0.460 e. The minimum absolute atomic E-state index is 2.43. The summed E-state index contributed by atoms with van der Waals surface area (Å²) in [4.78, 5) is 0. The molecular formula is C16H5F29O2S. The Morgan fingerprint density at radius 3 is 0.646 bits per heavy atom. The van der Waals surface area contributed by atoms with E-state index in [1.807, 2.05) is 0 Å². The molecule has 0 fully saturated rings. The molecule has 48 heavy (non-hydrogen) atoms. The Balaban J connectivity index is 7.50. The van der Waals surface area contributed by atoms with Crippen LogP contribution in [-0.2, 0) is 11.1 Å². The topological polar surface area (TPSA) is 37.3 Å². The zero-order valence-electron chi connectivity index (χ0n) is 20.6. The molecule has 0 aromatic rings. The monoisotopic (exact) mass is 812 g/mol. The van der Waals surface area contributed by atoms with Crippen LogP contribution in [0.15, 0.2) is 0 Å². The summed E-state index contributed by atoms with van der Waals surface area (Å²) < 4.78 is 406. The maximum absolute atomic E-state index is 13.8. The van der Waals surface area contributed by atoms with Gasteiger partial charge in [-0.25, -0.2) is 4.21 Å². The van der Waals surface area contributed by atoms with Gasteiger partial charge in [0, 0.05) is 6.42 Å². The van der Waals surface area contributed by atoms with Gasteiger partial charge in [-0.05, 0) is 0 Å². The second-order valence-electron chi connectivity index (χ2n) is 8.87. The van der Waals surface area contributed by atoms with Crippen molar-refractivity contribution in [3.63, 3.8) is 0 Å². The minimum atomic E-state index is -9.97. The van der Waals surface area contributed by atoms with Gasteiger partial charge in [-0.1, -0.05) is 0 Å². The van der Waals surface area contributed by atoms with Gasteiger partial charge in [0.15, 0.2) is 11.1 Å². The van der Waals surface area contributed by atoms with Crippen molar-refractivity contribution in [3.8, 4) is 0 Å². The largest absolute Gasteiger partial charge is 0.460 e. The first-order chi connectivity index (χ1) is 20.2. The Kier molecular flexibility index (Phi) is 11.1. The molecule has 0 aromatic carbocycles. The lowest BCUT2D eigenvalue weighted by Crippen LogP contribution is -2.79. The maximum atomic E-state index is 13.8. The molecule has 0 spiro atoms. The number of rotatable bonds is 15. The second-order valence-corrected chi connectivity index (χ2v) is 9.92. The number of halogens is 29. The summed E-state index contributed by atoms with van der Waals surface area (Å²) in [5.74, 6) is -123. The Hall–Kier alpha value is -1.92. The van der Waals surface area contributed by atoms with E-state index < -0.39 is 106 Å². The number of alkyl halides is 29. The molecule has 0 aliphatic carbocycles. The first-order valence-corrected chi connectivity index (χ1v) is 11.5. The summed E-state index contributed by atoms with van der Waals surface area (Å²) in [6, 6.07) is 0. The van der Waals surface area contributed by atoms with Crippen molar-refractivity contribution >= 4 is 11.1 Å². The van der Waals surface area contributed by atoms with E-state index in [0.717, 1.165) is 0 Å². The van der Waals surface area contributed by atoms with Gasteiger partial charge in [0.05, 0.1) is 5.75 Å². The highest BCUT2D eigenvalue weighted by molar-refractivity contribution is 7.79. The molecule has 0 aliphatic rings. The Morgan fingerprint density at radius 2 is 0.479 bits per heavy atom. The third-order valence-corrected chi connectivity index (χ3v) is 6.30. The molecule has 0 bridgehead atoms. The SMILES string of the molecule is O=S(O)CCC(F)(F)C(F)(F)C(F)(F)C(F)(F)C(F)(F)C(F)(F)C(F)(F)C(F)(F)C(F)(F)C(F)(F)C(F)(F)C(F)(F)C(F)(F)C(F)(F)F. The van der Waals surface area contributed by atoms with Crippen LogP contribution in [0.1, 0.15) is 6.42 Å². The fourth-order valence-corrected chi connectivity index (χ4v) is 3.18. The summed E-state index contributed by atoms with van der Waals surface area (Å²) in [5, 5.41) is 0. The Labute approximate surface area is 243 Å². The van der Waals surface area contributed by atoms with E-state index in [-0.39, 0.29) is 0 Å². The normalized spacial score (nSPS) is 17.5. The molecule has 0 rings (SSSR count). The average Bonchev–Trinajstić information content (AvgIpc) is 2.85. The first kappa shape index (κ1) is 46.1. The molecule has 0 saturated heterocycles. The summed E-state index contributed by atoms with van der Waals surface area (Å²) in [7, 11) is 0. The van der Waals surface area contributed by atoms with Gasteiger partial charge in [-0.3, -0.25) is 0 Å². The Bertz CT molecular complexity index is 1200. The third-order valence-electron chi connectivity index (χ3n) is 5.74. The van der Waals surface area contributed by atoms with Crippen LogP contribution in [0, 0.1) is 0 Å². The van der Waals surface area contributed by atoms with Gasteiger partial charge in [0.2, 0.25) is 0 Å². The van der Waals surface area contributed by atoms with E-state index in [4.69, 9.17) is 4.55 Å². The molecule has 0 saturated carbocycles. The molecule has 1 unspecified atom stereocenters. The summed E-state index contributed by atoms with van der Waals surface area (Å²) in [5.41, 5.74) is 0. The Morgan fingerprint density at radius 1 is 0.312 bits per heavy atom. The minimum Gasteiger partial charge on any atom is -0.306 e. The average molecular weight is 812 g/mol. The lowest BCUT2D eigenvalue weighted by Gasteiger charge is -2.46. The van der Waals surface area contributed by atoms with Crippen molar-refractivity contribution < 1.29 is 136 Å². The van der Waals surface area contributed by atoms with Gasteiger partial charge in [-0.2, -0.15) is 127 Å². The molecule has 0 aliphatic heterocycles. The second kappa shape index (κ2) is 11.6. The highest BCUT2D eigenvalue weighted by atomic mass is 32.2. The lowest BCUT2D eigenvalue weighted by molar-refractivity contribution is -0.487. The van der Waals surface area contributed by atoms with Crippen LogP contribution >= 0.6 is 0 Å². The highest BCUT2D eigenvalue weighted by Gasteiger charge is 3.00. The van der Waals surface area contributed by atoms with Gasteiger partial charge in [0.25, 0.3) is 0 Å². The smallest absolute Gasteiger partial charge is 0.306 e. The fraction of sp³-hybridized carbons (Fsp3) is 1.00. The van der Waals surface area contributed by atoms with Crippen molar-refractivity contribution in [1.82, 2.24) is 0 Å².